The Labute approximate surface area is 143 Å². The minimum atomic E-state index is 0.0124. The summed E-state index contributed by atoms with van der Waals surface area (Å²) in [6, 6.07) is 9.93. The van der Waals surface area contributed by atoms with Crippen molar-refractivity contribution in [2.24, 2.45) is 0 Å². The standard InChI is InChI=1S/C19H25N3O2/c23-18(21-13-6-1-2-7-14-21)12-15-22-19(24)11-10-17(20-22)16-8-4-3-5-9-16/h3-5,8-10,20H,1-2,6-7,11-15H2. The van der Waals surface area contributed by atoms with Gasteiger partial charge in [-0.2, -0.15) is 0 Å². The van der Waals surface area contributed by atoms with Crippen molar-refractivity contribution in [1.29, 1.82) is 0 Å². The fourth-order valence-electron chi connectivity index (χ4n) is 3.22. The maximum atomic E-state index is 12.4. The summed E-state index contributed by atoms with van der Waals surface area (Å²) in [6.07, 6.45) is 7.25. The topological polar surface area (TPSA) is 52.7 Å². The van der Waals surface area contributed by atoms with Gasteiger partial charge in [0.15, 0.2) is 0 Å². The summed E-state index contributed by atoms with van der Waals surface area (Å²) in [5.41, 5.74) is 5.14. The second-order valence-corrected chi connectivity index (χ2v) is 6.39. The number of benzene rings is 1. The van der Waals surface area contributed by atoms with Gasteiger partial charge in [0.05, 0.1) is 12.2 Å². The van der Waals surface area contributed by atoms with Crippen LogP contribution in [0.4, 0.5) is 0 Å². The van der Waals surface area contributed by atoms with E-state index in [1.165, 1.54) is 12.8 Å². The third-order valence-corrected chi connectivity index (χ3v) is 4.63. The van der Waals surface area contributed by atoms with Gasteiger partial charge in [-0.3, -0.25) is 20.0 Å². The smallest absolute Gasteiger partial charge is 0.244 e. The van der Waals surface area contributed by atoms with Gasteiger partial charge in [-0.1, -0.05) is 43.2 Å². The molecule has 2 amide bonds. The Bertz CT molecular complexity index is 604. The number of carbonyl (C=O) groups is 2. The van der Waals surface area contributed by atoms with Gasteiger partial charge in [0.1, 0.15) is 0 Å². The highest BCUT2D eigenvalue weighted by atomic mass is 16.2. The van der Waals surface area contributed by atoms with Crippen molar-refractivity contribution in [3.8, 4) is 0 Å². The van der Waals surface area contributed by atoms with Gasteiger partial charge in [0.25, 0.3) is 0 Å². The summed E-state index contributed by atoms with van der Waals surface area (Å²) >= 11 is 0. The van der Waals surface area contributed by atoms with Crippen molar-refractivity contribution in [2.45, 2.75) is 38.5 Å². The van der Waals surface area contributed by atoms with Crippen LogP contribution in [0.25, 0.3) is 5.70 Å². The highest BCUT2D eigenvalue weighted by Crippen LogP contribution is 2.17. The molecule has 0 unspecified atom stereocenters. The van der Waals surface area contributed by atoms with Crippen LogP contribution in [0.15, 0.2) is 36.4 Å². The number of nitrogens with zero attached hydrogens (tertiary/aromatic N) is 2. The monoisotopic (exact) mass is 327 g/mol. The van der Waals surface area contributed by atoms with Gasteiger partial charge in [-0.05, 0) is 24.5 Å². The third-order valence-electron chi connectivity index (χ3n) is 4.63. The van der Waals surface area contributed by atoms with E-state index in [1.807, 2.05) is 41.3 Å². The highest BCUT2D eigenvalue weighted by Gasteiger charge is 2.22. The van der Waals surface area contributed by atoms with Crippen LogP contribution in [0.3, 0.4) is 0 Å². The molecule has 0 bridgehead atoms. The molecule has 2 heterocycles. The summed E-state index contributed by atoms with van der Waals surface area (Å²) in [4.78, 5) is 26.5. The van der Waals surface area contributed by atoms with Gasteiger partial charge in [-0.25, -0.2) is 0 Å². The van der Waals surface area contributed by atoms with E-state index in [-0.39, 0.29) is 11.8 Å². The van der Waals surface area contributed by atoms with Crippen LogP contribution in [0, 0.1) is 0 Å². The molecule has 1 aromatic carbocycles. The summed E-state index contributed by atoms with van der Waals surface area (Å²) in [7, 11) is 0. The first-order valence-corrected chi connectivity index (χ1v) is 8.84. The Morgan fingerprint density at radius 2 is 1.75 bits per heavy atom. The van der Waals surface area contributed by atoms with E-state index in [2.05, 4.69) is 5.43 Å². The molecule has 2 aliphatic heterocycles. The van der Waals surface area contributed by atoms with Gasteiger partial charge >= 0.3 is 0 Å². The van der Waals surface area contributed by atoms with Crippen molar-refractivity contribution in [1.82, 2.24) is 15.3 Å². The van der Waals surface area contributed by atoms with Crippen LogP contribution in [0.1, 0.15) is 44.1 Å². The Kier molecular flexibility index (Phi) is 5.51. The van der Waals surface area contributed by atoms with Crippen LogP contribution < -0.4 is 5.43 Å². The third kappa shape index (κ3) is 4.16. The van der Waals surface area contributed by atoms with Crippen LogP contribution in [-0.2, 0) is 9.59 Å². The Morgan fingerprint density at radius 1 is 1.04 bits per heavy atom. The number of carbonyl (C=O) groups excluding carboxylic acids is 2. The number of hydrogen-bond donors (Lipinski definition) is 1. The second-order valence-electron chi connectivity index (χ2n) is 6.39. The summed E-state index contributed by atoms with van der Waals surface area (Å²) < 4.78 is 0. The Hall–Kier alpha value is -2.30. The molecule has 5 nitrogen and oxygen atoms in total. The van der Waals surface area contributed by atoms with Gasteiger partial charge in [-0.15, -0.1) is 0 Å². The lowest BCUT2D eigenvalue weighted by molar-refractivity contribution is -0.135. The lowest BCUT2D eigenvalue weighted by atomic mass is 10.1. The van der Waals surface area contributed by atoms with Crippen molar-refractivity contribution in [3.05, 3.63) is 42.0 Å². The highest BCUT2D eigenvalue weighted by molar-refractivity contribution is 5.84. The normalized spacial score (nSPS) is 18.7. The van der Waals surface area contributed by atoms with Crippen molar-refractivity contribution < 1.29 is 9.59 Å². The number of hydrogen-bond acceptors (Lipinski definition) is 3. The lowest BCUT2D eigenvalue weighted by Gasteiger charge is -2.30. The molecular formula is C19H25N3O2. The van der Waals surface area contributed by atoms with E-state index < -0.39 is 0 Å². The predicted octanol–water partition coefficient (Wildman–Crippen LogP) is 2.56. The number of likely N-dealkylation sites (tertiary alicyclic amines) is 1. The quantitative estimate of drug-likeness (QED) is 0.925. The van der Waals surface area contributed by atoms with E-state index in [9.17, 15) is 9.59 Å². The average Bonchev–Trinajstić information content (AvgIpc) is 2.91. The summed E-state index contributed by atoms with van der Waals surface area (Å²) in [6.45, 7) is 2.13. The van der Waals surface area contributed by atoms with Crippen molar-refractivity contribution >= 4 is 17.5 Å². The van der Waals surface area contributed by atoms with E-state index in [4.69, 9.17) is 0 Å². The van der Waals surface area contributed by atoms with E-state index >= 15 is 0 Å². The molecule has 0 radical (unpaired) electrons. The number of rotatable bonds is 4. The first kappa shape index (κ1) is 16.6. The van der Waals surface area contributed by atoms with E-state index in [0.717, 1.165) is 37.2 Å². The van der Waals surface area contributed by atoms with E-state index in [0.29, 0.717) is 19.4 Å². The molecule has 128 valence electrons. The first-order valence-electron chi connectivity index (χ1n) is 8.84. The second kappa shape index (κ2) is 7.99. The number of amides is 2. The van der Waals surface area contributed by atoms with E-state index in [1.54, 1.807) is 5.01 Å². The molecule has 5 heteroatoms. The Morgan fingerprint density at radius 3 is 2.46 bits per heavy atom. The largest absolute Gasteiger partial charge is 0.343 e. The molecule has 2 aliphatic rings. The Balaban J connectivity index is 1.55. The fourth-order valence-corrected chi connectivity index (χ4v) is 3.22. The molecule has 1 fully saturated rings. The molecule has 0 spiro atoms. The van der Waals surface area contributed by atoms with Crippen LogP contribution in [0.2, 0.25) is 0 Å². The SMILES string of the molecule is O=C(CCN1NC(c2ccccc2)=CCC1=O)N1CCCCCC1. The van der Waals surface area contributed by atoms with Crippen molar-refractivity contribution in [2.75, 3.05) is 19.6 Å². The van der Waals surface area contributed by atoms with Crippen LogP contribution in [-0.4, -0.2) is 41.4 Å². The zero-order valence-corrected chi connectivity index (χ0v) is 14.0. The number of hydrazine groups is 1. The summed E-state index contributed by atoms with van der Waals surface area (Å²) in [5.74, 6) is 0.167. The molecule has 0 aromatic heterocycles. The fraction of sp³-hybridized carbons (Fsp3) is 0.474. The minimum Gasteiger partial charge on any atom is -0.343 e. The maximum Gasteiger partial charge on any atom is 0.244 e. The number of nitrogens with one attached hydrogen (secondary N) is 1. The first-order chi connectivity index (χ1) is 11.7. The zero-order chi connectivity index (χ0) is 16.8. The molecule has 1 N–H and O–H groups in total. The zero-order valence-electron chi connectivity index (χ0n) is 14.0. The molecule has 0 saturated carbocycles. The molecule has 24 heavy (non-hydrogen) atoms. The van der Waals surface area contributed by atoms with Crippen molar-refractivity contribution in [3.63, 3.8) is 0 Å². The van der Waals surface area contributed by atoms with Gasteiger partial charge in [0, 0.05) is 25.9 Å². The molecule has 0 atom stereocenters. The molecule has 1 aromatic rings. The lowest BCUT2D eigenvalue weighted by Crippen LogP contribution is -2.46. The minimum absolute atomic E-state index is 0.0124. The average molecular weight is 327 g/mol. The molecular weight excluding hydrogens is 302 g/mol. The van der Waals surface area contributed by atoms with Gasteiger partial charge < -0.3 is 4.90 Å². The molecule has 1 saturated heterocycles. The predicted molar refractivity (Wildman–Crippen MR) is 93.5 cm³/mol. The van der Waals surface area contributed by atoms with Gasteiger partial charge in [0.2, 0.25) is 11.8 Å². The van der Waals surface area contributed by atoms with Crippen LogP contribution in [0.5, 0.6) is 0 Å². The summed E-state index contributed by atoms with van der Waals surface area (Å²) in [5, 5.41) is 1.58. The molecule has 0 aliphatic carbocycles. The van der Waals surface area contributed by atoms with Crippen LogP contribution >= 0.6 is 0 Å². The molecule has 3 rings (SSSR count). The maximum absolute atomic E-state index is 12.4.